The Balaban J connectivity index is 1.37. The van der Waals surface area contributed by atoms with Crippen LogP contribution in [-0.2, 0) is 10.3 Å². The molecule has 0 radical (unpaired) electrons. The van der Waals surface area contributed by atoms with Crippen LogP contribution in [-0.4, -0.2) is 40.5 Å². The number of likely N-dealkylation sites (tertiary alicyclic amines) is 1. The van der Waals surface area contributed by atoms with Gasteiger partial charge in [0.05, 0.1) is 5.56 Å². The van der Waals surface area contributed by atoms with E-state index in [1.807, 2.05) is 48.5 Å². The number of nitrogens with one attached hydrogen (secondary N) is 2. The van der Waals surface area contributed by atoms with Crippen LogP contribution in [0.4, 0.5) is 5.69 Å². The van der Waals surface area contributed by atoms with Crippen LogP contribution in [0, 0.1) is 5.92 Å². The van der Waals surface area contributed by atoms with Crippen LogP contribution >= 0.6 is 23.2 Å². The summed E-state index contributed by atoms with van der Waals surface area (Å²) in [5.74, 6) is -0.560. The smallest absolute Gasteiger partial charge is 0.335 e. The summed E-state index contributed by atoms with van der Waals surface area (Å²) < 4.78 is 0. The highest BCUT2D eigenvalue weighted by Gasteiger charge is 2.68. The van der Waals surface area contributed by atoms with Gasteiger partial charge in [-0.3, -0.25) is 9.69 Å². The summed E-state index contributed by atoms with van der Waals surface area (Å²) in [6.45, 7) is 0.847. The molecule has 3 aromatic carbocycles. The molecule has 3 heterocycles. The van der Waals surface area contributed by atoms with Crippen LogP contribution in [0.1, 0.15) is 58.3 Å². The molecule has 194 valence electrons. The van der Waals surface area contributed by atoms with Gasteiger partial charge in [-0.2, -0.15) is 0 Å². The fraction of sp³-hybridized carbons (Fsp3) is 0.333. The van der Waals surface area contributed by atoms with Gasteiger partial charge in [-0.25, -0.2) is 4.79 Å². The third-order valence-corrected chi connectivity index (χ3v) is 9.32. The van der Waals surface area contributed by atoms with E-state index in [2.05, 4.69) is 21.6 Å². The van der Waals surface area contributed by atoms with E-state index in [4.69, 9.17) is 23.2 Å². The average Bonchev–Trinajstić information content (AvgIpc) is 3.46. The number of fused-ring (bicyclic) bond motifs is 3. The van der Waals surface area contributed by atoms with Gasteiger partial charge in [0.1, 0.15) is 5.54 Å². The largest absolute Gasteiger partial charge is 0.478 e. The second-order valence-corrected chi connectivity index (χ2v) is 11.9. The van der Waals surface area contributed by atoms with Gasteiger partial charge in [-0.15, -0.1) is 0 Å². The van der Waals surface area contributed by atoms with Crippen molar-refractivity contribution in [3.63, 3.8) is 0 Å². The van der Waals surface area contributed by atoms with Crippen LogP contribution in [0.5, 0.6) is 0 Å². The highest BCUT2D eigenvalue weighted by Crippen LogP contribution is 2.60. The molecule has 1 amide bonds. The van der Waals surface area contributed by atoms with Crippen LogP contribution in [0.2, 0.25) is 10.0 Å². The van der Waals surface area contributed by atoms with Gasteiger partial charge < -0.3 is 15.7 Å². The topological polar surface area (TPSA) is 81.7 Å². The fourth-order valence-corrected chi connectivity index (χ4v) is 7.49. The number of aromatic carboxylic acids is 1. The number of carboxylic acids is 1. The first kappa shape index (κ1) is 24.2. The van der Waals surface area contributed by atoms with Crippen molar-refractivity contribution in [2.45, 2.75) is 48.8 Å². The van der Waals surface area contributed by atoms with Crippen LogP contribution in [0.3, 0.4) is 0 Å². The average molecular weight is 548 g/mol. The van der Waals surface area contributed by atoms with Crippen molar-refractivity contribution in [3.8, 4) is 0 Å². The molecule has 2 saturated heterocycles. The van der Waals surface area contributed by atoms with Gasteiger partial charge in [-0.05, 0) is 72.7 Å². The van der Waals surface area contributed by atoms with Crippen molar-refractivity contribution in [2.75, 3.05) is 11.9 Å². The molecule has 0 aromatic heterocycles. The number of carbonyl (C=O) groups is 2. The lowest BCUT2D eigenvalue weighted by atomic mass is 9.74. The Morgan fingerprint density at radius 1 is 1.00 bits per heavy atom. The molecule has 5 atom stereocenters. The van der Waals surface area contributed by atoms with Gasteiger partial charge >= 0.3 is 5.97 Å². The number of carbonyl (C=O) groups excluding carboxylic acids is 1. The quantitative estimate of drug-likeness (QED) is 0.375. The van der Waals surface area contributed by atoms with Crippen LogP contribution in [0.25, 0.3) is 0 Å². The van der Waals surface area contributed by atoms with E-state index in [0.29, 0.717) is 16.0 Å². The second-order valence-electron chi connectivity index (χ2n) is 11.0. The number of rotatable bonds is 5. The van der Waals surface area contributed by atoms with Gasteiger partial charge in [0, 0.05) is 51.9 Å². The number of carboxylic acid groups (broad SMARTS) is 1. The molecule has 0 unspecified atom stereocenters. The summed E-state index contributed by atoms with van der Waals surface area (Å²) in [5, 5.41) is 17.6. The number of benzene rings is 3. The van der Waals surface area contributed by atoms with E-state index in [-0.39, 0.29) is 35.5 Å². The molecular formula is C30H27Cl2N3O3. The minimum absolute atomic E-state index is 0.0104. The molecule has 1 spiro atoms. The lowest BCUT2D eigenvalue weighted by Gasteiger charge is -2.41. The molecule has 1 aliphatic carbocycles. The SMILES string of the molecule is O=C(O)c1ccc([C@H]2C[C@H]3[C@@H](N2)[C@H](c2cccc(Cl)c2)[C@]2(C(=O)Nc4cc(Cl)ccc42)N3CC2CC2)cc1. The van der Waals surface area contributed by atoms with E-state index < -0.39 is 11.5 Å². The highest BCUT2D eigenvalue weighted by molar-refractivity contribution is 6.31. The number of hydrogen-bond donors (Lipinski definition) is 3. The van der Waals surface area contributed by atoms with Crippen molar-refractivity contribution in [1.29, 1.82) is 0 Å². The Labute approximate surface area is 230 Å². The molecule has 38 heavy (non-hydrogen) atoms. The van der Waals surface area contributed by atoms with Crippen molar-refractivity contribution in [3.05, 3.63) is 99.0 Å². The predicted molar refractivity (Wildman–Crippen MR) is 147 cm³/mol. The molecule has 7 rings (SSSR count). The van der Waals surface area contributed by atoms with Gasteiger partial charge in [0.15, 0.2) is 0 Å². The standard InChI is InChI=1S/C30H27Cl2N3O3/c31-20-3-1-2-19(12-20)26-27-25(14-23(33-27)17-6-8-18(9-7-17)28(36)37)35(15-16-4-5-16)30(26)22-11-10-21(32)13-24(22)34-29(30)38/h1-3,6-13,16,23,25-27,33H,4-5,14-15H2,(H,34,38)(H,36,37)/t23-,25+,26+,27-,30-/m1/s1. The van der Waals surface area contributed by atoms with Gasteiger partial charge in [0.25, 0.3) is 0 Å². The van der Waals surface area contributed by atoms with Crippen molar-refractivity contribution in [1.82, 2.24) is 10.2 Å². The summed E-state index contributed by atoms with van der Waals surface area (Å²) in [4.78, 5) is 28.1. The van der Waals surface area contributed by atoms with Crippen LogP contribution < -0.4 is 10.6 Å². The zero-order valence-corrected chi connectivity index (χ0v) is 22.0. The first-order valence-electron chi connectivity index (χ1n) is 13.1. The Morgan fingerprint density at radius 3 is 2.47 bits per heavy atom. The summed E-state index contributed by atoms with van der Waals surface area (Å²) in [5.41, 5.74) is 3.22. The molecule has 3 fully saturated rings. The summed E-state index contributed by atoms with van der Waals surface area (Å²) in [7, 11) is 0. The molecule has 3 N–H and O–H groups in total. The summed E-state index contributed by atoms with van der Waals surface area (Å²) >= 11 is 12.9. The Kier molecular flexibility index (Phi) is 5.61. The van der Waals surface area contributed by atoms with Gasteiger partial charge in [-0.1, -0.05) is 53.5 Å². The minimum Gasteiger partial charge on any atom is -0.478 e. The number of anilines is 1. The number of halogens is 2. The van der Waals surface area contributed by atoms with Crippen molar-refractivity contribution >= 4 is 40.8 Å². The molecule has 6 nitrogen and oxygen atoms in total. The van der Waals surface area contributed by atoms with E-state index >= 15 is 0 Å². The lowest BCUT2D eigenvalue weighted by Crippen LogP contribution is -2.53. The molecule has 4 aliphatic rings. The first-order chi connectivity index (χ1) is 18.4. The second kappa shape index (κ2) is 8.82. The van der Waals surface area contributed by atoms with E-state index in [9.17, 15) is 14.7 Å². The Morgan fingerprint density at radius 2 is 1.76 bits per heavy atom. The molecule has 3 aromatic rings. The molecule has 0 bridgehead atoms. The lowest BCUT2D eigenvalue weighted by molar-refractivity contribution is -0.128. The number of nitrogens with zero attached hydrogens (tertiary/aromatic N) is 1. The first-order valence-corrected chi connectivity index (χ1v) is 13.8. The Hall–Kier alpha value is -2.90. The maximum atomic E-state index is 14.2. The van der Waals surface area contributed by atoms with Gasteiger partial charge in [0.2, 0.25) is 5.91 Å². The molecule has 8 heteroatoms. The monoisotopic (exact) mass is 547 g/mol. The minimum atomic E-state index is -0.933. The van der Waals surface area contributed by atoms with Crippen LogP contribution in [0.15, 0.2) is 66.7 Å². The zero-order chi connectivity index (χ0) is 26.2. The maximum absolute atomic E-state index is 14.2. The van der Waals surface area contributed by atoms with E-state index in [0.717, 1.165) is 35.3 Å². The molecule has 3 aliphatic heterocycles. The van der Waals surface area contributed by atoms with E-state index in [1.165, 1.54) is 12.8 Å². The maximum Gasteiger partial charge on any atom is 0.335 e. The third kappa shape index (κ3) is 3.62. The normalized spacial score (nSPS) is 29.9. The predicted octanol–water partition coefficient (Wildman–Crippen LogP) is 5.82. The number of amides is 1. The number of hydrogen-bond acceptors (Lipinski definition) is 4. The zero-order valence-electron chi connectivity index (χ0n) is 20.5. The van der Waals surface area contributed by atoms with Crippen molar-refractivity contribution < 1.29 is 14.7 Å². The fourth-order valence-electron chi connectivity index (χ4n) is 7.12. The van der Waals surface area contributed by atoms with E-state index in [1.54, 1.807) is 12.1 Å². The Bertz CT molecular complexity index is 1460. The summed E-state index contributed by atoms with van der Waals surface area (Å²) in [6.07, 6.45) is 3.17. The van der Waals surface area contributed by atoms with Crippen molar-refractivity contribution in [2.24, 2.45) is 5.92 Å². The summed E-state index contributed by atoms with van der Waals surface area (Å²) in [6, 6.07) is 20.9. The highest BCUT2D eigenvalue weighted by atomic mass is 35.5. The molecular weight excluding hydrogens is 521 g/mol. The third-order valence-electron chi connectivity index (χ3n) is 8.85. The molecule has 1 saturated carbocycles.